The van der Waals surface area contributed by atoms with Gasteiger partial charge in [0.15, 0.2) is 0 Å². The molecule has 1 aliphatic heterocycles. The van der Waals surface area contributed by atoms with Gasteiger partial charge in [-0.1, -0.05) is 11.7 Å². The van der Waals surface area contributed by atoms with E-state index >= 15 is 0 Å². The molecular weight excluding hydrogens is 142 g/mol. The Labute approximate surface area is 64.0 Å². The van der Waals surface area contributed by atoms with E-state index in [9.17, 15) is 0 Å². The SMILES string of the molecule is C1=CN(c2ccccn2)NO1. The first-order chi connectivity index (χ1) is 5.47. The van der Waals surface area contributed by atoms with Crippen LogP contribution in [0.3, 0.4) is 0 Å². The predicted octanol–water partition coefficient (Wildman–Crippen LogP) is 0.809. The molecule has 0 aromatic carbocycles. The third-order valence-electron chi connectivity index (χ3n) is 1.33. The van der Waals surface area contributed by atoms with Crippen LogP contribution in [0.15, 0.2) is 36.9 Å². The van der Waals surface area contributed by atoms with Crippen molar-refractivity contribution >= 4 is 5.82 Å². The second-order valence-electron chi connectivity index (χ2n) is 2.05. The fraction of sp³-hybridized carbons (Fsp3) is 0. The summed E-state index contributed by atoms with van der Waals surface area (Å²) in [4.78, 5) is 8.86. The summed E-state index contributed by atoms with van der Waals surface area (Å²) in [5.41, 5.74) is 2.63. The summed E-state index contributed by atoms with van der Waals surface area (Å²) in [5, 5.41) is 1.68. The summed E-state index contributed by atoms with van der Waals surface area (Å²) < 4.78 is 0. The number of rotatable bonds is 1. The molecular formula is C7H7N3O. The third kappa shape index (κ3) is 1.15. The summed E-state index contributed by atoms with van der Waals surface area (Å²) in [7, 11) is 0. The molecule has 4 nitrogen and oxygen atoms in total. The van der Waals surface area contributed by atoms with Gasteiger partial charge in [-0.2, -0.15) is 0 Å². The van der Waals surface area contributed by atoms with E-state index in [1.54, 1.807) is 23.7 Å². The van der Waals surface area contributed by atoms with Crippen LogP contribution in [-0.4, -0.2) is 4.98 Å². The standard InChI is InChI=1S/C7H7N3O/c1-2-4-8-7(3-1)10-5-6-11-9-10/h1-6,9H. The van der Waals surface area contributed by atoms with Crippen LogP contribution < -0.4 is 10.6 Å². The highest BCUT2D eigenvalue weighted by molar-refractivity contribution is 5.39. The molecule has 0 saturated carbocycles. The van der Waals surface area contributed by atoms with Crippen LogP contribution >= 0.6 is 0 Å². The summed E-state index contributed by atoms with van der Waals surface area (Å²) >= 11 is 0. The lowest BCUT2D eigenvalue weighted by atomic mass is 10.4. The molecule has 1 aromatic rings. The Hall–Kier alpha value is -1.55. The van der Waals surface area contributed by atoms with Crippen molar-refractivity contribution in [1.82, 2.24) is 10.6 Å². The molecule has 0 unspecified atom stereocenters. The highest BCUT2D eigenvalue weighted by Crippen LogP contribution is 2.09. The molecule has 0 amide bonds. The first-order valence-corrected chi connectivity index (χ1v) is 3.25. The molecule has 0 bridgehead atoms. The normalized spacial score (nSPS) is 15.1. The lowest BCUT2D eigenvalue weighted by molar-refractivity contribution is 0.158. The van der Waals surface area contributed by atoms with E-state index in [-0.39, 0.29) is 0 Å². The number of nitrogens with one attached hydrogen (secondary N) is 1. The van der Waals surface area contributed by atoms with E-state index in [0.29, 0.717) is 0 Å². The van der Waals surface area contributed by atoms with Gasteiger partial charge >= 0.3 is 0 Å². The molecule has 1 aromatic heterocycles. The van der Waals surface area contributed by atoms with Crippen molar-refractivity contribution in [2.24, 2.45) is 0 Å². The summed E-state index contributed by atoms with van der Waals surface area (Å²) in [6.07, 6.45) is 5.03. The first-order valence-electron chi connectivity index (χ1n) is 3.25. The molecule has 0 atom stereocenters. The van der Waals surface area contributed by atoms with Gasteiger partial charge in [0.1, 0.15) is 12.1 Å². The van der Waals surface area contributed by atoms with Gasteiger partial charge in [-0.05, 0) is 12.1 Å². The quantitative estimate of drug-likeness (QED) is 0.641. The predicted molar refractivity (Wildman–Crippen MR) is 40.1 cm³/mol. The Morgan fingerprint density at radius 3 is 3.09 bits per heavy atom. The maximum absolute atomic E-state index is 4.77. The minimum absolute atomic E-state index is 0.807. The van der Waals surface area contributed by atoms with E-state index in [1.165, 1.54) is 0 Å². The first kappa shape index (κ1) is 6.18. The smallest absolute Gasteiger partial charge is 0.149 e. The van der Waals surface area contributed by atoms with Crippen molar-refractivity contribution in [3.8, 4) is 0 Å². The monoisotopic (exact) mass is 149 g/mol. The van der Waals surface area contributed by atoms with Crippen molar-refractivity contribution in [3.63, 3.8) is 0 Å². The molecule has 4 heteroatoms. The average molecular weight is 149 g/mol. The van der Waals surface area contributed by atoms with Crippen LogP contribution in [0.2, 0.25) is 0 Å². The summed E-state index contributed by atoms with van der Waals surface area (Å²) in [6, 6.07) is 5.66. The molecule has 0 radical (unpaired) electrons. The highest BCUT2D eigenvalue weighted by atomic mass is 16.7. The van der Waals surface area contributed by atoms with Crippen molar-refractivity contribution in [3.05, 3.63) is 36.9 Å². The van der Waals surface area contributed by atoms with Crippen molar-refractivity contribution in [2.45, 2.75) is 0 Å². The fourth-order valence-corrected chi connectivity index (χ4v) is 0.828. The highest BCUT2D eigenvalue weighted by Gasteiger charge is 2.06. The van der Waals surface area contributed by atoms with Gasteiger partial charge in [-0.25, -0.2) is 9.99 Å². The van der Waals surface area contributed by atoms with E-state index in [1.807, 2.05) is 18.2 Å². The van der Waals surface area contributed by atoms with Crippen LogP contribution in [0.4, 0.5) is 5.82 Å². The average Bonchev–Trinajstić information content (AvgIpc) is 2.58. The van der Waals surface area contributed by atoms with E-state index in [4.69, 9.17) is 4.84 Å². The maximum atomic E-state index is 4.77. The van der Waals surface area contributed by atoms with Crippen molar-refractivity contribution in [2.75, 3.05) is 5.01 Å². The van der Waals surface area contributed by atoms with Gasteiger partial charge in [-0.3, -0.25) is 0 Å². The molecule has 56 valence electrons. The third-order valence-corrected chi connectivity index (χ3v) is 1.33. The van der Waals surface area contributed by atoms with Crippen molar-refractivity contribution < 1.29 is 4.84 Å². The van der Waals surface area contributed by atoms with Gasteiger partial charge in [0.25, 0.3) is 0 Å². The van der Waals surface area contributed by atoms with Gasteiger partial charge < -0.3 is 4.84 Å². The number of aromatic nitrogens is 1. The largest absolute Gasteiger partial charge is 0.395 e. The van der Waals surface area contributed by atoms with Gasteiger partial charge in [-0.15, -0.1) is 0 Å². The fourth-order valence-electron chi connectivity index (χ4n) is 0.828. The van der Waals surface area contributed by atoms with Crippen LogP contribution in [-0.2, 0) is 4.84 Å². The second kappa shape index (κ2) is 2.59. The lowest BCUT2D eigenvalue weighted by Gasteiger charge is -2.11. The van der Waals surface area contributed by atoms with E-state index in [2.05, 4.69) is 10.6 Å². The van der Waals surface area contributed by atoms with Gasteiger partial charge in [0, 0.05) is 6.20 Å². The number of hydrogen-bond donors (Lipinski definition) is 1. The maximum Gasteiger partial charge on any atom is 0.149 e. The Morgan fingerprint density at radius 2 is 2.45 bits per heavy atom. The second-order valence-corrected chi connectivity index (χ2v) is 2.05. The molecule has 1 N–H and O–H groups in total. The van der Waals surface area contributed by atoms with Gasteiger partial charge in [0.05, 0.1) is 6.20 Å². The minimum atomic E-state index is 0.807. The number of nitrogens with zero attached hydrogens (tertiary/aromatic N) is 2. The van der Waals surface area contributed by atoms with Crippen LogP contribution in [0.1, 0.15) is 0 Å². The van der Waals surface area contributed by atoms with E-state index in [0.717, 1.165) is 5.82 Å². The number of hydrogen-bond acceptors (Lipinski definition) is 4. The summed E-state index contributed by atoms with van der Waals surface area (Å²) in [5.74, 6) is 0.807. The Morgan fingerprint density at radius 1 is 1.45 bits per heavy atom. The van der Waals surface area contributed by atoms with E-state index < -0.39 is 0 Å². The Balaban J connectivity index is 2.23. The molecule has 0 spiro atoms. The topological polar surface area (TPSA) is 37.4 Å². The molecule has 1 aliphatic rings. The Kier molecular flexibility index (Phi) is 1.46. The van der Waals surface area contributed by atoms with Gasteiger partial charge in [0.2, 0.25) is 0 Å². The number of hydrazine groups is 1. The zero-order valence-corrected chi connectivity index (χ0v) is 5.77. The lowest BCUT2D eigenvalue weighted by Crippen LogP contribution is -2.27. The molecule has 0 fully saturated rings. The van der Waals surface area contributed by atoms with Crippen LogP contribution in [0.25, 0.3) is 0 Å². The summed E-state index contributed by atoms with van der Waals surface area (Å²) in [6.45, 7) is 0. The Bertz CT molecular complexity index is 260. The zero-order valence-electron chi connectivity index (χ0n) is 5.77. The van der Waals surface area contributed by atoms with Crippen LogP contribution in [0, 0.1) is 0 Å². The molecule has 0 aliphatic carbocycles. The number of pyridine rings is 1. The minimum Gasteiger partial charge on any atom is -0.395 e. The molecule has 0 saturated heterocycles. The molecule has 11 heavy (non-hydrogen) atoms. The molecule has 2 heterocycles. The molecule has 2 rings (SSSR count). The van der Waals surface area contributed by atoms with Crippen molar-refractivity contribution in [1.29, 1.82) is 0 Å². The zero-order chi connectivity index (χ0) is 7.52. The number of anilines is 1. The van der Waals surface area contributed by atoms with Crippen LogP contribution in [0.5, 0.6) is 0 Å².